The highest BCUT2D eigenvalue weighted by Gasteiger charge is 2.56. The molecule has 6 nitrogen and oxygen atoms in total. The molecule has 3 N–H and O–H groups in total. The molecule has 176 valence electrons. The molecule has 33 heavy (non-hydrogen) atoms. The van der Waals surface area contributed by atoms with Crippen molar-refractivity contribution in [2.24, 2.45) is 5.92 Å². The number of amides is 3. The van der Waals surface area contributed by atoms with E-state index in [1.165, 1.54) is 23.5 Å². The summed E-state index contributed by atoms with van der Waals surface area (Å²) in [6, 6.07) is 5.27. The number of carbonyl (C=O) groups is 3. The molecule has 1 saturated carbocycles. The van der Waals surface area contributed by atoms with E-state index in [1.807, 2.05) is 0 Å². The van der Waals surface area contributed by atoms with Crippen LogP contribution < -0.4 is 16.0 Å². The zero-order chi connectivity index (χ0) is 24.7. The molecule has 0 spiro atoms. The molecule has 0 saturated heterocycles. The first-order valence-corrected chi connectivity index (χ1v) is 10.4. The van der Waals surface area contributed by atoms with Gasteiger partial charge in [-0.2, -0.15) is 8.78 Å². The smallest absolute Gasteiger partial charge is 0.326 e. The molecule has 0 bridgehead atoms. The molecule has 0 aliphatic heterocycles. The Bertz CT molecular complexity index is 1160. The number of alkyl halides is 5. The van der Waals surface area contributed by atoms with Gasteiger partial charge in [0, 0.05) is 5.69 Å². The maximum atomic E-state index is 14.6. The van der Waals surface area contributed by atoms with Gasteiger partial charge >= 0.3 is 11.3 Å². The molecule has 3 rings (SSSR count). The third kappa shape index (κ3) is 5.81. The van der Waals surface area contributed by atoms with Crippen molar-refractivity contribution in [2.75, 3.05) is 16.0 Å². The minimum Gasteiger partial charge on any atom is -0.326 e. The summed E-state index contributed by atoms with van der Waals surface area (Å²) < 4.78 is 53.0. The summed E-state index contributed by atoms with van der Waals surface area (Å²) in [6.07, 6.45) is 0.251. The highest BCUT2D eigenvalue weighted by atomic mass is 35.5. The van der Waals surface area contributed by atoms with Crippen LogP contribution in [0.1, 0.15) is 16.8 Å². The summed E-state index contributed by atoms with van der Waals surface area (Å²) in [7, 11) is 0. The maximum absolute atomic E-state index is 14.6. The number of hydrogen-bond acceptors (Lipinski definition) is 3. The summed E-state index contributed by atoms with van der Waals surface area (Å²) in [5.74, 6) is -7.24. The quantitative estimate of drug-likeness (QED) is 0.317. The van der Waals surface area contributed by atoms with E-state index in [0.29, 0.717) is 6.07 Å². The Kier molecular flexibility index (Phi) is 7.05. The molecule has 1 unspecified atom stereocenters. The fraction of sp³-hybridized carbons (Fsp3) is 0.211. The SMILES string of the molecule is O=C(Nc1ccc(F)c(NC(=O)C(F)(F)Cl)c1F)c1cc(NC(=O)C2CC2(Cl)Cl)ccc1Cl. The van der Waals surface area contributed by atoms with Crippen molar-refractivity contribution in [3.63, 3.8) is 0 Å². The molecule has 3 amide bonds. The third-order valence-electron chi connectivity index (χ3n) is 4.46. The normalized spacial score (nSPS) is 16.7. The fourth-order valence-corrected chi connectivity index (χ4v) is 3.40. The van der Waals surface area contributed by atoms with E-state index in [2.05, 4.69) is 22.2 Å². The Morgan fingerprint density at radius 3 is 2.24 bits per heavy atom. The Morgan fingerprint density at radius 1 is 1.03 bits per heavy atom. The third-order valence-corrected chi connectivity index (χ3v) is 5.79. The predicted octanol–water partition coefficient (Wildman–Crippen LogP) is 5.77. The number of nitrogens with one attached hydrogen (secondary N) is 3. The first-order valence-electron chi connectivity index (χ1n) is 8.86. The van der Waals surface area contributed by atoms with Crippen LogP contribution in [0.3, 0.4) is 0 Å². The van der Waals surface area contributed by atoms with Crippen LogP contribution >= 0.6 is 46.4 Å². The van der Waals surface area contributed by atoms with Crippen LogP contribution in [0.25, 0.3) is 0 Å². The van der Waals surface area contributed by atoms with Gasteiger partial charge in [0.15, 0.2) is 5.82 Å². The number of carbonyl (C=O) groups excluding carboxylic acids is 3. The lowest BCUT2D eigenvalue weighted by atomic mass is 10.1. The van der Waals surface area contributed by atoms with E-state index in [9.17, 15) is 31.9 Å². The van der Waals surface area contributed by atoms with Crippen molar-refractivity contribution in [1.29, 1.82) is 0 Å². The van der Waals surface area contributed by atoms with E-state index >= 15 is 0 Å². The molecular formula is C19H11Cl4F4N3O3. The Labute approximate surface area is 203 Å². The molecule has 1 aliphatic rings. The first-order chi connectivity index (χ1) is 15.2. The van der Waals surface area contributed by atoms with Gasteiger partial charge in [0.05, 0.1) is 22.2 Å². The lowest BCUT2D eigenvalue weighted by Gasteiger charge is -2.14. The van der Waals surface area contributed by atoms with Gasteiger partial charge in [-0.05, 0) is 48.4 Å². The van der Waals surface area contributed by atoms with Crippen LogP contribution in [-0.4, -0.2) is 27.4 Å². The molecule has 1 fully saturated rings. The summed E-state index contributed by atoms with van der Waals surface area (Å²) in [6.45, 7) is 0. The number of rotatable bonds is 6. The molecule has 14 heteroatoms. The van der Waals surface area contributed by atoms with Crippen molar-refractivity contribution in [1.82, 2.24) is 0 Å². The van der Waals surface area contributed by atoms with E-state index in [1.54, 1.807) is 0 Å². The van der Waals surface area contributed by atoms with Gasteiger partial charge in [0.2, 0.25) is 5.91 Å². The van der Waals surface area contributed by atoms with Crippen LogP contribution in [0.15, 0.2) is 30.3 Å². The zero-order valence-corrected chi connectivity index (χ0v) is 18.9. The molecule has 1 atom stereocenters. The average molecular weight is 547 g/mol. The molecule has 0 radical (unpaired) electrons. The molecule has 0 heterocycles. The van der Waals surface area contributed by atoms with Crippen molar-refractivity contribution < 1.29 is 31.9 Å². The van der Waals surface area contributed by atoms with Crippen LogP contribution in [0.2, 0.25) is 5.02 Å². The Balaban J connectivity index is 1.80. The Hall–Kier alpha value is -2.27. The number of halogens is 8. The van der Waals surface area contributed by atoms with Crippen molar-refractivity contribution in [2.45, 2.75) is 16.1 Å². The predicted molar refractivity (Wildman–Crippen MR) is 116 cm³/mol. The lowest BCUT2D eigenvalue weighted by molar-refractivity contribution is -0.130. The van der Waals surface area contributed by atoms with Gasteiger partial charge in [0.25, 0.3) is 5.91 Å². The monoisotopic (exact) mass is 545 g/mol. The number of benzene rings is 2. The Morgan fingerprint density at radius 2 is 1.67 bits per heavy atom. The van der Waals surface area contributed by atoms with Crippen LogP contribution in [0.5, 0.6) is 0 Å². The van der Waals surface area contributed by atoms with Gasteiger partial charge in [-0.25, -0.2) is 8.78 Å². The second kappa shape index (κ2) is 9.17. The number of anilines is 3. The van der Waals surface area contributed by atoms with Gasteiger partial charge in [-0.15, -0.1) is 23.2 Å². The second-order valence-corrected chi connectivity index (χ2v) is 9.32. The van der Waals surface area contributed by atoms with E-state index in [-0.39, 0.29) is 22.7 Å². The highest BCUT2D eigenvalue weighted by Crippen LogP contribution is 2.53. The van der Waals surface area contributed by atoms with E-state index < -0.39 is 56.4 Å². The van der Waals surface area contributed by atoms with Gasteiger partial charge in [-0.3, -0.25) is 14.4 Å². The highest BCUT2D eigenvalue weighted by molar-refractivity contribution is 6.52. The zero-order valence-electron chi connectivity index (χ0n) is 15.9. The summed E-state index contributed by atoms with van der Waals surface area (Å²) in [5, 5.41) is 1.40. The van der Waals surface area contributed by atoms with Crippen molar-refractivity contribution in [3.05, 3.63) is 52.6 Å². The fourth-order valence-electron chi connectivity index (χ4n) is 2.64. The largest absolute Gasteiger partial charge is 0.400 e. The average Bonchev–Trinajstić information content (AvgIpc) is 3.36. The second-order valence-electron chi connectivity index (χ2n) is 6.89. The van der Waals surface area contributed by atoms with Crippen LogP contribution in [0, 0.1) is 17.6 Å². The molecule has 2 aromatic carbocycles. The summed E-state index contributed by atoms with van der Waals surface area (Å²) in [5.41, 5.74) is -1.97. The molecule has 1 aliphatic carbocycles. The van der Waals surface area contributed by atoms with Gasteiger partial charge in [-0.1, -0.05) is 11.6 Å². The molecule has 0 aromatic heterocycles. The summed E-state index contributed by atoms with van der Waals surface area (Å²) in [4.78, 5) is 36.0. The summed E-state index contributed by atoms with van der Waals surface area (Å²) >= 11 is 22.2. The standard InChI is InChI=1S/C19H11Cl4F4N3O3/c20-10-2-1-7(28-16(32)9-6-18(9,21)22)5-8(10)15(31)29-12-4-3-11(24)14(13(12)25)30-17(33)19(23,26)27/h1-5,9H,6H2,(H,28,32)(H,29,31)(H,30,33). The first kappa shape index (κ1) is 25.4. The minimum absolute atomic E-state index is 0.0845. The molecular weight excluding hydrogens is 536 g/mol. The van der Waals surface area contributed by atoms with Crippen LogP contribution in [-0.2, 0) is 9.59 Å². The van der Waals surface area contributed by atoms with Crippen LogP contribution in [0.4, 0.5) is 34.6 Å². The lowest BCUT2D eigenvalue weighted by Crippen LogP contribution is -2.30. The van der Waals surface area contributed by atoms with Crippen molar-refractivity contribution >= 4 is 81.2 Å². The number of hydrogen-bond donors (Lipinski definition) is 3. The topological polar surface area (TPSA) is 87.3 Å². The minimum atomic E-state index is -4.43. The van der Waals surface area contributed by atoms with E-state index in [0.717, 1.165) is 6.07 Å². The van der Waals surface area contributed by atoms with Gasteiger partial charge in [0.1, 0.15) is 15.8 Å². The maximum Gasteiger partial charge on any atom is 0.400 e. The van der Waals surface area contributed by atoms with E-state index in [4.69, 9.17) is 34.8 Å². The van der Waals surface area contributed by atoms with Crippen molar-refractivity contribution in [3.8, 4) is 0 Å². The van der Waals surface area contributed by atoms with Gasteiger partial charge < -0.3 is 16.0 Å². The molecule has 2 aromatic rings.